The van der Waals surface area contributed by atoms with Crippen molar-refractivity contribution in [3.05, 3.63) is 0 Å². The van der Waals surface area contributed by atoms with E-state index in [0.29, 0.717) is 6.42 Å². The smallest absolute Gasteiger partial charge is 0.312 e. The van der Waals surface area contributed by atoms with Gasteiger partial charge in [-0.1, -0.05) is 32.5 Å². The number of carbonyl (C=O) groups is 1. The van der Waals surface area contributed by atoms with Crippen LogP contribution in [0.4, 0.5) is 0 Å². The maximum absolute atomic E-state index is 11.3. The maximum Gasteiger partial charge on any atom is 0.312 e. The fourth-order valence-corrected chi connectivity index (χ4v) is 1.83. The molecular formula is C12H23NO2Si. The molecule has 0 saturated heterocycles. The minimum atomic E-state index is -1.53. The van der Waals surface area contributed by atoms with Crippen molar-refractivity contribution in [3.8, 4) is 11.5 Å². The Morgan fingerprint density at radius 1 is 1.38 bits per heavy atom. The molecule has 0 aromatic heterocycles. The predicted molar refractivity (Wildman–Crippen MR) is 69.7 cm³/mol. The van der Waals surface area contributed by atoms with Crippen molar-refractivity contribution in [1.82, 2.24) is 0 Å². The SMILES string of the molecule is CCC(C)(C(=O)O)C(C)(N)C#C[Si](C)(C)C. The normalized spacial score (nSPS) is 18.9. The molecule has 4 heteroatoms. The number of carboxylic acid groups (broad SMARTS) is 1. The van der Waals surface area contributed by atoms with Crippen LogP contribution in [0.3, 0.4) is 0 Å². The van der Waals surface area contributed by atoms with Crippen molar-refractivity contribution in [2.75, 3.05) is 0 Å². The van der Waals surface area contributed by atoms with E-state index in [4.69, 9.17) is 5.73 Å². The van der Waals surface area contributed by atoms with E-state index in [9.17, 15) is 9.90 Å². The van der Waals surface area contributed by atoms with E-state index in [0.717, 1.165) is 0 Å². The average molecular weight is 241 g/mol. The van der Waals surface area contributed by atoms with Gasteiger partial charge < -0.3 is 10.8 Å². The molecule has 0 amide bonds. The van der Waals surface area contributed by atoms with Gasteiger partial charge in [0, 0.05) is 0 Å². The average Bonchev–Trinajstić information content (AvgIpc) is 2.12. The zero-order chi connectivity index (χ0) is 13.2. The topological polar surface area (TPSA) is 63.3 Å². The number of hydrogen-bond acceptors (Lipinski definition) is 2. The van der Waals surface area contributed by atoms with Gasteiger partial charge >= 0.3 is 5.97 Å². The largest absolute Gasteiger partial charge is 0.481 e. The molecule has 2 unspecified atom stereocenters. The Kier molecular flexibility index (Phi) is 4.37. The zero-order valence-corrected chi connectivity index (χ0v) is 12.1. The van der Waals surface area contributed by atoms with Gasteiger partial charge in [-0.3, -0.25) is 4.79 Å². The Balaban J connectivity index is 5.32. The van der Waals surface area contributed by atoms with Gasteiger partial charge in [0.15, 0.2) is 0 Å². The fraction of sp³-hybridized carbons (Fsp3) is 0.750. The second kappa shape index (κ2) is 4.60. The summed E-state index contributed by atoms with van der Waals surface area (Å²) in [5, 5.41) is 9.26. The molecule has 3 N–H and O–H groups in total. The van der Waals surface area contributed by atoms with E-state index in [1.807, 2.05) is 6.92 Å². The number of nitrogens with two attached hydrogens (primary N) is 1. The van der Waals surface area contributed by atoms with E-state index < -0.39 is 25.0 Å². The van der Waals surface area contributed by atoms with E-state index in [1.165, 1.54) is 0 Å². The molecule has 2 atom stereocenters. The summed E-state index contributed by atoms with van der Waals surface area (Å²) in [7, 11) is -1.53. The summed E-state index contributed by atoms with van der Waals surface area (Å²) in [6.07, 6.45) is 0.468. The monoisotopic (exact) mass is 241 g/mol. The van der Waals surface area contributed by atoms with Crippen LogP contribution < -0.4 is 5.73 Å². The molecule has 3 nitrogen and oxygen atoms in total. The predicted octanol–water partition coefficient (Wildman–Crippen LogP) is 2.09. The van der Waals surface area contributed by atoms with Crippen LogP contribution in [0.5, 0.6) is 0 Å². The van der Waals surface area contributed by atoms with Crippen LogP contribution in [0.25, 0.3) is 0 Å². The molecule has 0 radical (unpaired) electrons. The van der Waals surface area contributed by atoms with E-state index in [2.05, 4.69) is 31.1 Å². The molecule has 0 bridgehead atoms. The fourth-order valence-electron chi connectivity index (χ4n) is 1.20. The number of rotatable bonds is 3. The van der Waals surface area contributed by atoms with Gasteiger partial charge in [0.25, 0.3) is 0 Å². The molecule has 0 aromatic carbocycles. The van der Waals surface area contributed by atoms with E-state index in [1.54, 1.807) is 13.8 Å². The first-order valence-corrected chi connectivity index (χ1v) is 9.03. The molecule has 0 aliphatic rings. The van der Waals surface area contributed by atoms with Gasteiger partial charge in [-0.2, -0.15) is 0 Å². The van der Waals surface area contributed by atoms with Crippen molar-refractivity contribution < 1.29 is 9.90 Å². The van der Waals surface area contributed by atoms with Crippen LogP contribution in [0, 0.1) is 16.9 Å². The molecule has 92 valence electrons. The first kappa shape index (κ1) is 15.2. The molecule has 0 aromatic rings. The summed E-state index contributed by atoms with van der Waals surface area (Å²) in [6.45, 7) is 11.5. The van der Waals surface area contributed by atoms with Crippen LogP contribution in [-0.2, 0) is 4.79 Å². The van der Waals surface area contributed by atoms with E-state index >= 15 is 0 Å². The minimum absolute atomic E-state index is 0.468. The van der Waals surface area contributed by atoms with Crippen LogP contribution >= 0.6 is 0 Å². The Bertz CT molecular complexity index is 333. The van der Waals surface area contributed by atoms with Gasteiger partial charge in [0.1, 0.15) is 8.07 Å². The van der Waals surface area contributed by atoms with Gasteiger partial charge in [0.05, 0.1) is 11.0 Å². The highest BCUT2D eigenvalue weighted by molar-refractivity contribution is 6.83. The second-order valence-corrected chi connectivity index (χ2v) is 10.4. The minimum Gasteiger partial charge on any atom is -0.481 e. The Labute approximate surface area is 99.4 Å². The molecule has 0 aliphatic carbocycles. The van der Waals surface area contributed by atoms with Gasteiger partial charge in [-0.15, -0.1) is 5.54 Å². The molecule has 16 heavy (non-hydrogen) atoms. The third-order valence-electron chi connectivity index (χ3n) is 3.02. The van der Waals surface area contributed by atoms with Crippen molar-refractivity contribution in [2.24, 2.45) is 11.1 Å². The molecule has 0 fully saturated rings. The lowest BCUT2D eigenvalue weighted by atomic mass is 9.71. The van der Waals surface area contributed by atoms with Crippen molar-refractivity contribution in [3.63, 3.8) is 0 Å². The first-order valence-electron chi connectivity index (χ1n) is 5.53. The summed E-state index contributed by atoms with van der Waals surface area (Å²) in [4.78, 5) is 11.3. The van der Waals surface area contributed by atoms with Crippen LogP contribution in [-0.4, -0.2) is 24.7 Å². The first-order chi connectivity index (χ1) is 6.96. The highest BCUT2D eigenvalue weighted by atomic mass is 28.3. The summed E-state index contributed by atoms with van der Waals surface area (Å²) >= 11 is 0. The zero-order valence-electron chi connectivity index (χ0n) is 11.1. The van der Waals surface area contributed by atoms with Crippen molar-refractivity contribution in [2.45, 2.75) is 52.4 Å². The Hall–Kier alpha value is -0.793. The van der Waals surface area contributed by atoms with E-state index in [-0.39, 0.29) is 0 Å². The van der Waals surface area contributed by atoms with Gasteiger partial charge in [-0.25, -0.2) is 0 Å². The molecular weight excluding hydrogens is 218 g/mol. The standard InChI is InChI=1S/C12H23NO2Si/c1-7-11(2,10(14)15)12(3,13)8-9-16(4,5)6/h7,13H2,1-6H3,(H,14,15). The number of hydrogen-bond donors (Lipinski definition) is 2. The third-order valence-corrected chi connectivity index (χ3v) is 3.90. The second-order valence-electron chi connectivity index (χ2n) is 5.69. The lowest BCUT2D eigenvalue weighted by Gasteiger charge is -2.36. The number of aliphatic carboxylic acids is 1. The van der Waals surface area contributed by atoms with Crippen molar-refractivity contribution >= 4 is 14.0 Å². The highest BCUT2D eigenvalue weighted by Crippen LogP contribution is 2.32. The summed E-state index contributed by atoms with van der Waals surface area (Å²) in [5.74, 6) is 2.10. The Morgan fingerprint density at radius 2 is 1.81 bits per heavy atom. The van der Waals surface area contributed by atoms with Crippen LogP contribution in [0.15, 0.2) is 0 Å². The van der Waals surface area contributed by atoms with Gasteiger partial charge in [-0.05, 0) is 20.3 Å². The lowest BCUT2D eigenvalue weighted by Crippen LogP contribution is -2.55. The van der Waals surface area contributed by atoms with Gasteiger partial charge in [0.2, 0.25) is 0 Å². The summed E-state index contributed by atoms with van der Waals surface area (Å²) in [5.41, 5.74) is 7.25. The quantitative estimate of drug-likeness (QED) is 0.587. The summed E-state index contributed by atoms with van der Waals surface area (Å²) in [6, 6.07) is 0. The molecule has 0 heterocycles. The molecule has 0 rings (SSSR count). The highest BCUT2D eigenvalue weighted by Gasteiger charge is 2.46. The van der Waals surface area contributed by atoms with Crippen molar-refractivity contribution in [1.29, 1.82) is 0 Å². The van der Waals surface area contributed by atoms with Crippen LogP contribution in [0.2, 0.25) is 19.6 Å². The Morgan fingerprint density at radius 3 is 2.06 bits per heavy atom. The summed E-state index contributed by atoms with van der Waals surface area (Å²) < 4.78 is 0. The number of carboxylic acids is 1. The molecule has 0 aliphatic heterocycles. The molecule has 0 saturated carbocycles. The maximum atomic E-state index is 11.3. The van der Waals surface area contributed by atoms with Crippen LogP contribution in [0.1, 0.15) is 27.2 Å². The lowest BCUT2D eigenvalue weighted by molar-refractivity contribution is -0.150. The molecule has 0 spiro atoms. The third kappa shape index (κ3) is 3.36.